The molecule has 1 amide bonds. The van der Waals surface area contributed by atoms with Crippen molar-refractivity contribution in [2.45, 2.75) is 78.9 Å². The van der Waals surface area contributed by atoms with Crippen LogP contribution in [0.5, 0.6) is 5.75 Å². The van der Waals surface area contributed by atoms with E-state index in [9.17, 15) is 4.79 Å². The van der Waals surface area contributed by atoms with E-state index in [0.29, 0.717) is 11.8 Å². The van der Waals surface area contributed by atoms with Crippen molar-refractivity contribution in [3.63, 3.8) is 0 Å². The maximum atomic E-state index is 13.0. The van der Waals surface area contributed by atoms with Gasteiger partial charge in [-0.3, -0.25) is 0 Å². The van der Waals surface area contributed by atoms with Crippen LogP contribution in [0.15, 0.2) is 12.1 Å². The highest BCUT2D eigenvalue weighted by Gasteiger charge is 2.54. The minimum atomic E-state index is -0.476. The predicted molar refractivity (Wildman–Crippen MR) is 108 cm³/mol. The fraction of sp³-hybridized carbons (Fsp3) is 0.696. The van der Waals surface area contributed by atoms with Gasteiger partial charge in [-0.05, 0) is 74.1 Å². The van der Waals surface area contributed by atoms with Crippen LogP contribution in [0.2, 0.25) is 0 Å². The molecule has 1 aliphatic carbocycles. The van der Waals surface area contributed by atoms with E-state index in [-0.39, 0.29) is 17.6 Å². The second kappa shape index (κ2) is 6.72. The lowest BCUT2D eigenvalue weighted by molar-refractivity contribution is -0.0471. The minimum Gasteiger partial charge on any atom is -0.496 e. The highest BCUT2D eigenvalue weighted by Crippen LogP contribution is 2.55. The Labute approximate surface area is 164 Å². The van der Waals surface area contributed by atoms with Crippen LogP contribution in [0.4, 0.5) is 4.79 Å². The topological polar surface area (TPSA) is 38.8 Å². The lowest BCUT2D eigenvalue weighted by Gasteiger charge is -2.57. The van der Waals surface area contributed by atoms with Crippen LogP contribution in [0, 0.1) is 18.3 Å². The average Bonchev–Trinajstić information content (AvgIpc) is 2.53. The van der Waals surface area contributed by atoms with Gasteiger partial charge < -0.3 is 14.4 Å². The van der Waals surface area contributed by atoms with Crippen molar-refractivity contribution in [2.75, 3.05) is 13.7 Å². The zero-order chi connectivity index (χ0) is 20.1. The molecule has 4 nitrogen and oxygen atoms in total. The Kier molecular flexibility index (Phi) is 4.98. The lowest BCUT2D eigenvalue weighted by Crippen LogP contribution is -2.62. The standard InChI is InChI=1S/C23H35NO3/c1-9-15-13-24(21(25)27-22(3,4)5)19-11-16-10-14(2)18(26-8)12-17(16)20(15)23(19,6)7/h10,12,15,19-20H,9,11,13H2,1-8H3/t15?,19-,20+/m1/s1. The third-order valence-electron chi connectivity index (χ3n) is 6.50. The van der Waals surface area contributed by atoms with E-state index >= 15 is 0 Å². The molecular weight excluding hydrogens is 338 g/mol. The number of nitrogens with zero attached hydrogens (tertiary/aromatic N) is 1. The molecule has 0 N–H and O–H groups in total. The van der Waals surface area contributed by atoms with E-state index in [1.54, 1.807) is 7.11 Å². The van der Waals surface area contributed by atoms with Gasteiger partial charge in [0.05, 0.1) is 7.11 Å². The van der Waals surface area contributed by atoms with Gasteiger partial charge in [0.25, 0.3) is 0 Å². The molecule has 3 rings (SSSR count). The van der Waals surface area contributed by atoms with Crippen LogP contribution < -0.4 is 4.74 Å². The van der Waals surface area contributed by atoms with E-state index in [1.807, 2.05) is 25.7 Å². The van der Waals surface area contributed by atoms with E-state index in [4.69, 9.17) is 9.47 Å². The lowest BCUT2D eigenvalue weighted by atomic mass is 9.56. The van der Waals surface area contributed by atoms with Gasteiger partial charge in [-0.25, -0.2) is 4.79 Å². The van der Waals surface area contributed by atoms with Crippen molar-refractivity contribution in [3.05, 3.63) is 28.8 Å². The van der Waals surface area contributed by atoms with Crippen LogP contribution in [0.25, 0.3) is 0 Å². The third-order valence-corrected chi connectivity index (χ3v) is 6.50. The number of piperidine rings is 1. The van der Waals surface area contributed by atoms with E-state index in [1.165, 1.54) is 11.1 Å². The Morgan fingerprint density at radius 1 is 1.30 bits per heavy atom. The Hall–Kier alpha value is -1.71. The average molecular weight is 374 g/mol. The summed E-state index contributed by atoms with van der Waals surface area (Å²) in [5, 5.41) is 0. The van der Waals surface area contributed by atoms with Crippen molar-refractivity contribution in [3.8, 4) is 5.75 Å². The molecule has 27 heavy (non-hydrogen) atoms. The molecule has 0 aromatic heterocycles. The van der Waals surface area contributed by atoms with Crippen molar-refractivity contribution >= 4 is 6.09 Å². The molecule has 1 fully saturated rings. The quantitative estimate of drug-likeness (QED) is 0.705. The van der Waals surface area contributed by atoms with Gasteiger partial charge in [-0.15, -0.1) is 0 Å². The molecule has 3 atom stereocenters. The summed E-state index contributed by atoms with van der Waals surface area (Å²) in [4.78, 5) is 15.0. The van der Waals surface area contributed by atoms with Gasteiger partial charge in [-0.1, -0.05) is 33.3 Å². The summed E-state index contributed by atoms with van der Waals surface area (Å²) in [5.41, 5.74) is 3.44. The number of benzene rings is 1. The molecule has 1 unspecified atom stereocenters. The number of rotatable bonds is 2. The number of aryl methyl sites for hydroxylation is 1. The van der Waals surface area contributed by atoms with E-state index < -0.39 is 5.60 Å². The smallest absolute Gasteiger partial charge is 0.410 e. The van der Waals surface area contributed by atoms with E-state index in [2.05, 4.69) is 39.8 Å². The fourth-order valence-corrected chi connectivity index (χ4v) is 5.27. The molecule has 1 saturated heterocycles. The first-order valence-electron chi connectivity index (χ1n) is 10.2. The monoisotopic (exact) mass is 373 g/mol. The number of hydrogen-bond donors (Lipinski definition) is 0. The van der Waals surface area contributed by atoms with Crippen LogP contribution in [-0.2, 0) is 11.2 Å². The Morgan fingerprint density at radius 3 is 2.52 bits per heavy atom. The number of hydrogen-bond acceptors (Lipinski definition) is 3. The number of likely N-dealkylation sites (tertiary alicyclic amines) is 1. The SMILES string of the molecule is CCC1CN(C(=O)OC(C)(C)C)[C@@H]2Cc3cc(C)c(OC)cc3[C@H]1C2(C)C. The summed E-state index contributed by atoms with van der Waals surface area (Å²) in [7, 11) is 1.74. The highest BCUT2D eigenvalue weighted by atomic mass is 16.6. The Bertz CT molecular complexity index is 732. The second-order valence-corrected chi connectivity index (χ2v) is 9.84. The minimum absolute atomic E-state index is 0.0108. The number of ether oxygens (including phenoxy) is 2. The molecule has 2 aliphatic rings. The molecule has 0 spiro atoms. The van der Waals surface area contributed by atoms with Crippen LogP contribution >= 0.6 is 0 Å². The molecule has 0 saturated carbocycles. The molecule has 4 heteroatoms. The molecule has 1 heterocycles. The normalized spacial score (nSPS) is 26.4. The highest BCUT2D eigenvalue weighted by molar-refractivity contribution is 5.69. The van der Waals surface area contributed by atoms with Gasteiger partial charge in [0.2, 0.25) is 0 Å². The number of carbonyl (C=O) groups excluding carboxylic acids is 1. The van der Waals surface area contributed by atoms with Gasteiger partial charge in [-0.2, -0.15) is 0 Å². The Morgan fingerprint density at radius 2 is 1.96 bits per heavy atom. The maximum absolute atomic E-state index is 13.0. The summed E-state index contributed by atoms with van der Waals surface area (Å²) in [6.45, 7) is 15.5. The fourth-order valence-electron chi connectivity index (χ4n) is 5.27. The summed E-state index contributed by atoms with van der Waals surface area (Å²) in [6.07, 6.45) is 1.74. The molecular formula is C23H35NO3. The first-order valence-corrected chi connectivity index (χ1v) is 10.2. The van der Waals surface area contributed by atoms with Crippen molar-refractivity contribution < 1.29 is 14.3 Å². The Balaban J connectivity index is 2.07. The number of methoxy groups -OCH3 is 1. The van der Waals surface area contributed by atoms with Crippen LogP contribution in [0.3, 0.4) is 0 Å². The second-order valence-electron chi connectivity index (χ2n) is 9.84. The summed E-state index contributed by atoms with van der Waals surface area (Å²) in [5.74, 6) is 1.80. The number of fused-ring (bicyclic) bond motifs is 4. The molecule has 1 aromatic rings. The molecule has 1 aromatic carbocycles. The zero-order valence-electron chi connectivity index (χ0n) is 18.2. The molecule has 0 radical (unpaired) electrons. The van der Waals surface area contributed by atoms with Crippen molar-refractivity contribution in [1.82, 2.24) is 4.90 Å². The van der Waals surface area contributed by atoms with Gasteiger partial charge in [0, 0.05) is 12.6 Å². The van der Waals surface area contributed by atoms with Crippen molar-refractivity contribution in [2.24, 2.45) is 11.3 Å². The molecule has 2 bridgehead atoms. The summed E-state index contributed by atoms with van der Waals surface area (Å²) in [6, 6.07) is 4.66. The van der Waals surface area contributed by atoms with Gasteiger partial charge in [0.1, 0.15) is 11.4 Å². The molecule has 150 valence electrons. The largest absolute Gasteiger partial charge is 0.496 e. The van der Waals surface area contributed by atoms with E-state index in [0.717, 1.165) is 30.7 Å². The third kappa shape index (κ3) is 3.43. The maximum Gasteiger partial charge on any atom is 0.410 e. The summed E-state index contributed by atoms with van der Waals surface area (Å²) < 4.78 is 11.4. The number of amides is 1. The first kappa shape index (κ1) is 20.0. The van der Waals surface area contributed by atoms with Crippen LogP contribution in [0.1, 0.15) is 70.6 Å². The number of carbonyl (C=O) groups is 1. The first-order chi connectivity index (χ1) is 12.5. The summed E-state index contributed by atoms with van der Waals surface area (Å²) >= 11 is 0. The van der Waals surface area contributed by atoms with Crippen molar-refractivity contribution in [1.29, 1.82) is 0 Å². The van der Waals surface area contributed by atoms with Gasteiger partial charge >= 0.3 is 6.09 Å². The van der Waals surface area contributed by atoms with Gasteiger partial charge in [0.15, 0.2) is 0 Å². The van der Waals surface area contributed by atoms with Crippen LogP contribution in [-0.4, -0.2) is 36.3 Å². The molecule has 1 aliphatic heterocycles. The predicted octanol–water partition coefficient (Wildman–Crippen LogP) is 5.32. The zero-order valence-corrected chi connectivity index (χ0v) is 18.2.